The van der Waals surface area contributed by atoms with Crippen molar-refractivity contribution >= 4 is 12.6 Å². The summed E-state index contributed by atoms with van der Waals surface area (Å²) in [6.07, 6.45) is 5.48. The molecule has 0 aromatic rings. The van der Waals surface area contributed by atoms with Gasteiger partial charge in [0.1, 0.15) is 0 Å². The normalized spacial score (nSPS) is 30.0. The highest BCUT2D eigenvalue weighted by atomic mass is 32.1. The molecule has 0 aliphatic carbocycles. The van der Waals surface area contributed by atoms with Crippen LogP contribution in [0, 0.1) is 5.92 Å². The van der Waals surface area contributed by atoms with Gasteiger partial charge < -0.3 is 4.90 Å². The molecule has 16 heavy (non-hydrogen) atoms. The van der Waals surface area contributed by atoms with Gasteiger partial charge in [-0.05, 0) is 50.6 Å². The van der Waals surface area contributed by atoms with E-state index in [9.17, 15) is 0 Å². The molecule has 0 aromatic heterocycles. The Morgan fingerprint density at radius 2 is 2.06 bits per heavy atom. The van der Waals surface area contributed by atoms with Gasteiger partial charge in [-0.2, -0.15) is 12.6 Å². The fraction of sp³-hybridized carbons (Fsp3) is 1.00. The Bertz CT molecular complexity index is 206. The summed E-state index contributed by atoms with van der Waals surface area (Å²) in [7, 11) is 0. The minimum atomic E-state index is 0.788. The van der Waals surface area contributed by atoms with E-state index < -0.39 is 0 Å². The highest BCUT2D eigenvalue weighted by Gasteiger charge is 2.28. The molecule has 0 saturated carbocycles. The lowest BCUT2D eigenvalue weighted by molar-refractivity contribution is 0.202. The molecule has 0 amide bonds. The maximum Gasteiger partial charge on any atom is 0.0223 e. The Hall–Kier alpha value is 0.270. The van der Waals surface area contributed by atoms with E-state index in [4.69, 9.17) is 0 Å². The van der Waals surface area contributed by atoms with E-state index >= 15 is 0 Å². The van der Waals surface area contributed by atoms with Crippen LogP contribution in [0.15, 0.2) is 0 Å². The lowest BCUT2D eigenvalue weighted by Gasteiger charge is -2.28. The number of hydrogen-bond acceptors (Lipinski definition) is 3. The molecular formula is C13H26N2S. The van der Waals surface area contributed by atoms with E-state index in [1.165, 1.54) is 58.4 Å². The largest absolute Gasteiger partial charge is 0.301 e. The summed E-state index contributed by atoms with van der Waals surface area (Å²) in [5.74, 6) is 1.83. The van der Waals surface area contributed by atoms with Crippen LogP contribution < -0.4 is 0 Å². The molecule has 94 valence electrons. The second-order valence-electron chi connectivity index (χ2n) is 5.40. The molecule has 0 bridgehead atoms. The van der Waals surface area contributed by atoms with Crippen LogP contribution in [0.4, 0.5) is 0 Å². The van der Waals surface area contributed by atoms with Gasteiger partial charge in [0, 0.05) is 19.1 Å². The topological polar surface area (TPSA) is 6.48 Å². The van der Waals surface area contributed by atoms with Crippen LogP contribution in [0.2, 0.25) is 0 Å². The van der Waals surface area contributed by atoms with Gasteiger partial charge in [-0.25, -0.2) is 0 Å². The highest BCUT2D eigenvalue weighted by Crippen LogP contribution is 2.22. The number of thiol groups is 1. The monoisotopic (exact) mass is 242 g/mol. The first-order valence-corrected chi connectivity index (χ1v) is 7.54. The molecule has 2 rings (SSSR count). The zero-order valence-electron chi connectivity index (χ0n) is 10.6. The van der Waals surface area contributed by atoms with Crippen LogP contribution in [0.3, 0.4) is 0 Å². The van der Waals surface area contributed by atoms with E-state index in [1.807, 2.05) is 0 Å². The fourth-order valence-corrected chi connectivity index (χ4v) is 3.50. The van der Waals surface area contributed by atoms with E-state index in [1.54, 1.807) is 0 Å². The molecule has 2 nitrogen and oxygen atoms in total. The Kier molecular flexibility index (Phi) is 4.98. The minimum Gasteiger partial charge on any atom is -0.301 e. The van der Waals surface area contributed by atoms with Gasteiger partial charge in [-0.3, -0.25) is 4.90 Å². The standard InChI is InChI=1S/C13H26N2S/c1-2-12(11-16)9-14-6-4-8-15-7-3-5-13(15)10-14/h12-13,16H,2-11H2,1H3. The van der Waals surface area contributed by atoms with Crippen molar-refractivity contribution in [3.05, 3.63) is 0 Å². The number of hydrogen-bond donors (Lipinski definition) is 1. The van der Waals surface area contributed by atoms with Crippen LogP contribution in [-0.2, 0) is 0 Å². The molecule has 0 radical (unpaired) electrons. The first kappa shape index (κ1) is 12.7. The summed E-state index contributed by atoms with van der Waals surface area (Å²) < 4.78 is 0. The van der Waals surface area contributed by atoms with Crippen molar-refractivity contribution in [3.63, 3.8) is 0 Å². The lowest BCUT2D eigenvalue weighted by Crippen LogP contribution is -2.38. The average molecular weight is 242 g/mol. The zero-order valence-corrected chi connectivity index (χ0v) is 11.5. The lowest BCUT2D eigenvalue weighted by atomic mass is 10.1. The molecule has 3 heteroatoms. The molecule has 2 saturated heterocycles. The first-order valence-electron chi connectivity index (χ1n) is 6.90. The van der Waals surface area contributed by atoms with Crippen molar-refractivity contribution in [1.29, 1.82) is 0 Å². The molecule has 2 heterocycles. The van der Waals surface area contributed by atoms with E-state index in [-0.39, 0.29) is 0 Å². The summed E-state index contributed by atoms with van der Waals surface area (Å²) in [5, 5.41) is 0. The molecule has 0 N–H and O–H groups in total. The highest BCUT2D eigenvalue weighted by molar-refractivity contribution is 7.80. The van der Waals surface area contributed by atoms with E-state index in [0.717, 1.165) is 17.7 Å². The SMILES string of the molecule is CCC(CS)CN1CCCN2CCCC2C1. The Labute approximate surface area is 106 Å². The van der Waals surface area contributed by atoms with E-state index in [0.29, 0.717) is 0 Å². The second-order valence-corrected chi connectivity index (χ2v) is 5.77. The molecule has 2 unspecified atom stereocenters. The van der Waals surface area contributed by atoms with Crippen molar-refractivity contribution in [2.45, 2.75) is 38.6 Å². The van der Waals surface area contributed by atoms with Crippen LogP contribution in [0.1, 0.15) is 32.6 Å². The maximum absolute atomic E-state index is 4.46. The van der Waals surface area contributed by atoms with E-state index in [2.05, 4.69) is 29.4 Å². The van der Waals surface area contributed by atoms with Gasteiger partial charge >= 0.3 is 0 Å². The Balaban J connectivity index is 1.85. The molecule has 2 aliphatic heterocycles. The third kappa shape index (κ3) is 3.14. The summed E-state index contributed by atoms with van der Waals surface area (Å²) in [6, 6.07) is 0.861. The summed E-state index contributed by atoms with van der Waals surface area (Å²) in [4.78, 5) is 5.40. The molecule has 0 spiro atoms. The molecular weight excluding hydrogens is 216 g/mol. The number of rotatable bonds is 4. The van der Waals surface area contributed by atoms with Crippen LogP contribution in [-0.4, -0.2) is 54.3 Å². The Morgan fingerprint density at radius 3 is 2.81 bits per heavy atom. The average Bonchev–Trinajstić information content (AvgIpc) is 2.65. The van der Waals surface area contributed by atoms with Crippen molar-refractivity contribution in [1.82, 2.24) is 9.80 Å². The predicted molar refractivity (Wildman–Crippen MR) is 73.3 cm³/mol. The minimum absolute atomic E-state index is 0.788. The van der Waals surface area contributed by atoms with Gasteiger partial charge in [0.25, 0.3) is 0 Å². The maximum atomic E-state index is 4.46. The molecule has 0 aromatic carbocycles. The van der Waals surface area contributed by atoms with Gasteiger partial charge in [-0.1, -0.05) is 13.3 Å². The van der Waals surface area contributed by atoms with Gasteiger partial charge in [0.05, 0.1) is 0 Å². The number of fused-ring (bicyclic) bond motifs is 1. The van der Waals surface area contributed by atoms with Crippen LogP contribution in [0.5, 0.6) is 0 Å². The van der Waals surface area contributed by atoms with Gasteiger partial charge in [-0.15, -0.1) is 0 Å². The van der Waals surface area contributed by atoms with Crippen molar-refractivity contribution in [2.24, 2.45) is 5.92 Å². The van der Waals surface area contributed by atoms with Crippen molar-refractivity contribution < 1.29 is 0 Å². The van der Waals surface area contributed by atoms with Gasteiger partial charge in [0.15, 0.2) is 0 Å². The predicted octanol–water partition coefficient (Wildman–Crippen LogP) is 2.11. The van der Waals surface area contributed by atoms with Crippen LogP contribution in [0.25, 0.3) is 0 Å². The Morgan fingerprint density at radius 1 is 1.25 bits per heavy atom. The quantitative estimate of drug-likeness (QED) is 0.754. The third-order valence-electron chi connectivity index (χ3n) is 4.24. The second kappa shape index (κ2) is 6.27. The smallest absolute Gasteiger partial charge is 0.0223 e. The first-order chi connectivity index (χ1) is 7.83. The zero-order chi connectivity index (χ0) is 11.4. The van der Waals surface area contributed by atoms with Crippen molar-refractivity contribution in [3.8, 4) is 0 Å². The van der Waals surface area contributed by atoms with Crippen molar-refractivity contribution in [2.75, 3.05) is 38.5 Å². The summed E-state index contributed by atoms with van der Waals surface area (Å²) in [6.45, 7) is 8.85. The third-order valence-corrected chi connectivity index (χ3v) is 4.76. The summed E-state index contributed by atoms with van der Waals surface area (Å²) >= 11 is 4.46. The molecule has 2 aliphatic rings. The molecule has 2 fully saturated rings. The van der Waals surface area contributed by atoms with Gasteiger partial charge in [0.2, 0.25) is 0 Å². The summed E-state index contributed by atoms with van der Waals surface area (Å²) in [5.41, 5.74) is 0. The fourth-order valence-electron chi connectivity index (χ4n) is 3.13. The van der Waals surface area contributed by atoms with Crippen LogP contribution >= 0.6 is 12.6 Å². The molecule has 2 atom stereocenters. The number of nitrogens with zero attached hydrogens (tertiary/aromatic N) is 2.